The highest BCUT2D eigenvalue weighted by atomic mass is 32.2. The molecule has 2 rings (SSSR count). The Balaban J connectivity index is 2.14. The van der Waals surface area contributed by atoms with Crippen LogP contribution in [-0.4, -0.2) is 31.9 Å². The lowest BCUT2D eigenvalue weighted by atomic mass is 10.1. The summed E-state index contributed by atoms with van der Waals surface area (Å²) in [5.41, 5.74) is 1.44. The van der Waals surface area contributed by atoms with Crippen molar-refractivity contribution < 1.29 is 13.2 Å². The van der Waals surface area contributed by atoms with E-state index in [0.29, 0.717) is 17.9 Å². The van der Waals surface area contributed by atoms with Gasteiger partial charge in [-0.05, 0) is 43.2 Å². The fourth-order valence-electron chi connectivity index (χ4n) is 2.08. The molecule has 7 heteroatoms. The molecule has 0 radical (unpaired) electrons. The fraction of sp³-hybridized carbons (Fsp3) is 0.357. The standard InChI is InChI=1S/C14H19N3O3S/c1-11-10-14(12(2)9-13(11)20-3)21(18,19)16-6-8-17-7-4-5-15-17/h4-5,7,9-10,16H,6,8H2,1-3H3. The second-order valence-electron chi connectivity index (χ2n) is 4.75. The van der Waals surface area contributed by atoms with Crippen molar-refractivity contribution in [2.24, 2.45) is 0 Å². The predicted octanol–water partition coefficient (Wildman–Crippen LogP) is 1.49. The second-order valence-corrected chi connectivity index (χ2v) is 6.49. The van der Waals surface area contributed by atoms with E-state index < -0.39 is 10.0 Å². The highest BCUT2D eigenvalue weighted by Gasteiger charge is 2.18. The lowest BCUT2D eigenvalue weighted by Crippen LogP contribution is -2.28. The number of methoxy groups -OCH3 is 1. The summed E-state index contributed by atoms with van der Waals surface area (Å²) in [5.74, 6) is 0.683. The van der Waals surface area contributed by atoms with Crippen LogP contribution in [0.25, 0.3) is 0 Å². The van der Waals surface area contributed by atoms with Gasteiger partial charge in [-0.1, -0.05) is 0 Å². The molecule has 0 aliphatic carbocycles. The van der Waals surface area contributed by atoms with Gasteiger partial charge in [0.25, 0.3) is 0 Å². The van der Waals surface area contributed by atoms with Crippen LogP contribution < -0.4 is 9.46 Å². The van der Waals surface area contributed by atoms with Crippen molar-refractivity contribution in [3.63, 3.8) is 0 Å². The van der Waals surface area contributed by atoms with Crippen molar-refractivity contribution in [1.82, 2.24) is 14.5 Å². The van der Waals surface area contributed by atoms with Crippen molar-refractivity contribution >= 4 is 10.0 Å². The Morgan fingerprint density at radius 1 is 1.29 bits per heavy atom. The van der Waals surface area contributed by atoms with Gasteiger partial charge in [-0.3, -0.25) is 4.68 Å². The van der Waals surface area contributed by atoms with E-state index in [1.165, 1.54) is 0 Å². The van der Waals surface area contributed by atoms with Gasteiger partial charge in [0.15, 0.2) is 0 Å². The third kappa shape index (κ3) is 3.62. The SMILES string of the molecule is COc1cc(C)c(S(=O)(=O)NCCn2cccn2)cc1C. The highest BCUT2D eigenvalue weighted by molar-refractivity contribution is 7.89. The van der Waals surface area contributed by atoms with E-state index in [1.54, 1.807) is 49.3 Å². The molecule has 0 atom stereocenters. The minimum absolute atomic E-state index is 0.279. The number of hydrogen-bond donors (Lipinski definition) is 1. The van der Waals surface area contributed by atoms with Gasteiger partial charge in [0.1, 0.15) is 5.75 Å². The maximum absolute atomic E-state index is 12.4. The van der Waals surface area contributed by atoms with E-state index in [4.69, 9.17) is 4.74 Å². The highest BCUT2D eigenvalue weighted by Crippen LogP contribution is 2.25. The summed E-state index contributed by atoms with van der Waals surface area (Å²) in [6, 6.07) is 5.16. The number of nitrogens with zero attached hydrogens (tertiary/aromatic N) is 2. The summed E-state index contributed by atoms with van der Waals surface area (Å²) < 4.78 is 34.2. The summed E-state index contributed by atoms with van der Waals surface area (Å²) >= 11 is 0. The van der Waals surface area contributed by atoms with Gasteiger partial charge in [-0.2, -0.15) is 5.10 Å². The largest absolute Gasteiger partial charge is 0.496 e. The van der Waals surface area contributed by atoms with Crippen LogP contribution in [0.1, 0.15) is 11.1 Å². The number of benzene rings is 1. The quantitative estimate of drug-likeness (QED) is 0.877. The molecule has 0 saturated heterocycles. The van der Waals surface area contributed by atoms with Crippen LogP contribution in [0, 0.1) is 13.8 Å². The van der Waals surface area contributed by atoms with E-state index in [1.807, 2.05) is 6.92 Å². The molecule has 6 nitrogen and oxygen atoms in total. The number of ether oxygens (including phenoxy) is 1. The zero-order valence-corrected chi connectivity index (χ0v) is 13.1. The topological polar surface area (TPSA) is 73.2 Å². The van der Waals surface area contributed by atoms with E-state index in [0.717, 1.165) is 5.56 Å². The zero-order valence-electron chi connectivity index (χ0n) is 12.3. The molecular weight excluding hydrogens is 290 g/mol. The molecule has 1 aromatic heterocycles. The maximum atomic E-state index is 12.4. The number of aryl methyl sites for hydroxylation is 2. The number of nitrogens with one attached hydrogen (secondary N) is 1. The average Bonchev–Trinajstić information content (AvgIpc) is 2.93. The monoisotopic (exact) mass is 309 g/mol. The van der Waals surface area contributed by atoms with Gasteiger partial charge in [0.05, 0.1) is 18.6 Å². The molecule has 0 unspecified atom stereocenters. The molecule has 0 saturated carbocycles. The summed E-state index contributed by atoms with van der Waals surface area (Å²) in [4.78, 5) is 0.279. The zero-order chi connectivity index (χ0) is 15.5. The van der Waals surface area contributed by atoms with Gasteiger partial charge in [0.2, 0.25) is 10.0 Å². The van der Waals surface area contributed by atoms with Gasteiger partial charge in [-0.15, -0.1) is 0 Å². The second kappa shape index (κ2) is 6.28. The Morgan fingerprint density at radius 3 is 2.67 bits per heavy atom. The van der Waals surface area contributed by atoms with Crippen LogP contribution in [-0.2, 0) is 16.6 Å². The van der Waals surface area contributed by atoms with E-state index >= 15 is 0 Å². The van der Waals surface area contributed by atoms with Crippen LogP contribution in [0.15, 0.2) is 35.5 Å². The smallest absolute Gasteiger partial charge is 0.240 e. The lowest BCUT2D eigenvalue weighted by molar-refractivity contribution is 0.411. The van der Waals surface area contributed by atoms with Gasteiger partial charge in [-0.25, -0.2) is 13.1 Å². The predicted molar refractivity (Wildman–Crippen MR) is 79.9 cm³/mol. The third-order valence-corrected chi connectivity index (χ3v) is 4.78. The molecule has 114 valence electrons. The lowest BCUT2D eigenvalue weighted by Gasteiger charge is -2.12. The molecule has 0 amide bonds. The van der Waals surface area contributed by atoms with Crippen molar-refractivity contribution in [3.05, 3.63) is 41.7 Å². The number of sulfonamides is 1. The van der Waals surface area contributed by atoms with E-state index in [2.05, 4.69) is 9.82 Å². The van der Waals surface area contributed by atoms with Gasteiger partial charge >= 0.3 is 0 Å². The molecule has 0 aliphatic heterocycles. The maximum Gasteiger partial charge on any atom is 0.240 e. The third-order valence-electron chi connectivity index (χ3n) is 3.17. The molecule has 0 spiro atoms. The van der Waals surface area contributed by atoms with Crippen molar-refractivity contribution in [1.29, 1.82) is 0 Å². The van der Waals surface area contributed by atoms with Crippen LogP contribution in [0.4, 0.5) is 0 Å². The molecular formula is C14H19N3O3S. The number of aromatic nitrogens is 2. The number of hydrogen-bond acceptors (Lipinski definition) is 4. The average molecular weight is 309 g/mol. The van der Waals surface area contributed by atoms with Gasteiger partial charge in [0, 0.05) is 18.9 Å². The fourth-order valence-corrected chi connectivity index (χ4v) is 3.41. The van der Waals surface area contributed by atoms with E-state index in [9.17, 15) is 8.42 Å². The minimum atomic E-state index is -3.54. The first kappa shape index (κ1) is 15.5. The first-order valence-corrected chi connectivity index (χ1v) is 8.04. The summed E-state index contributed by atoms with van der Waals surface area (Å²) in [6.45, 7) is 4.35. The van der Waals surface area contributed by atoms with Crippen LogP contribution in [0.5, 0.6) is 5.75 Å². The van der Waals surface area contributed by atoms with Crippen molar-refractivity contribution in [2.45, 2.75) is 25.3 Å². The molecule has 21 heavy (non-hydrogen) atoms. The Bertz CT molecular complexity index is 709. The van der Waals surface area contributed by atoms with Crippen molar-refractivity contribution in [3.8, 4) is 5.75 Å². The van der Waals surface area contributed by atoms with Gasteiger partial charge < -0.3 is 4.74 Å². The Morgan fingerprint density at radius 2 is 2.05 bits per heavy atom. The molecule has 2 aromatic rings. The molecule has 0 bridgehead atoms. The molecule has 0 aliphatic rings. The minimum Gasteiger partial charge on any atom is -0.496 e. The Labute approximate surface area is 124 Å². The first-order chi connectivity index (χ1) is 9.94. The Kier molecular flexibility index (Phi) is 4.64. The molecule has 1 heterocycles. The van der Waals surface area contributed by atoms with Crippen LogP contribution in [0.3, 0.4) is 0 Å². The number of rotatable bonds is 6. The summed E-state index contributed by atoms with van der Waals surface area (Å²) in [6.07, 6.45) is 3.45. The molecule has 0 fully saturated rings. The van der Waals surface area contributed by atoms with E-state index in [-0.39, 0.29) is 11.4 Å². The molecule has 1 aromatic carbocycles. The Hall–Kier alpha value is -1.86. The summed E-state index contributed by atoms with van der Waals surface area (Å²) in [5, 5.41) is 4.03. The van der Waals surface area contributed by atoms with Crippen molar-refractivity contribution in [2.75, 3.05) is 13.7 Å². The van der Waals surface area contributed by atoms with Crippen LogP contribution in [0.2, 0.25) is 0 Å². The normalized spacial score (nSPS) is 11.6. The molecule has 1 N–H and O–H groups in total. The van der Waals surface area contributed by atoms with Crippen LogP contribution >= 0.6 is 0 Å². The summed E-state index contributed by atoms with van der Waals surface area (Å²) in [7, 11) is -1.97. The first-order valence-electron chi connectivity index (χ1n) is 6.56.